The molecule has 1 aliphatic carbocycles. The zero-order chi connectivity index (χ0) is 34.3. The Morgan fingerprint density at radius 3 is 2.37 bits per heavy atom. The van der Waals surface area contributed by atoms with Gasteiger partial charge in [-0.1, -0.05) is 11.6 Å². The number of aromatic nitrogens is 5. The zero-order valence-electron chi connectivity index (χ0n) is 28.2. The van der Waals surface area contributed by atoms with Gasteiger partial charge in [-0.25, -0.2) is 13.4 Å². The first-order valence-corrected chi connectivity index (χ1v) is 18.8. The van der Waals surface area contributed by atoms with E-state index in [0.717, 1.165) is 76.3 Å². The highest BCUT2D eigenvalue weighted by Crippen LogP contribution is 2.43. The molecule has 4 aromatic rings. The van der Waals surface area contributed by atoms with Crippen molar-refractivity contribution in [2.75, 3.05) is 79.5 Å². The Morgan fingerprint density at radius 1 is 0.939 bits per heavy atom. The number of sulfonamides is 1. The van der Waals surface area contributed by atoms with Gasteiger partial charge in [0.25, 0.3) is 0 Å². The van der Waals surface area contributed by atoms with Crippen molar-refractivity contribution < 1.29 is 13.2 Å². The number of nitrogens with zero attached hydrogens (tertiary/aromatic N) is 9. The van der Waals surface area contributed by atoms with Crippen LogP contribution in [-0.4, -0.2) is 115 Å². The Kier molecular flexibility index (Phi) is 9.35. The molecule has 0 bridgehead atoms. The van der Waals surface area contributed by atoms with Gasteiger partial charge in [-0.05, 0) is 63.4 Å². The summed E-state index contributed by atoms with van der Waals surface area (Å²) in [7, 11) is 0.156. The van der Waals surface area contributed by atoms with Gasteiger partial charge in [0, 0.05) is 63.7 Å². The van der Waals surface area contributed by atoms with Crippen molar-refractivity contribution in [2.45, 2.75) is 44.7 Å². The fourth-order valence-electron chi connectivity index (χ4n) is 6.82. The molecule has 3 aliphatic rings. The molecule has 0 radical (unpaired) electrons. The van der Waals surface area contributed by atoms with E-state index in [2.05, 4.69) is 52.3 Å². The number of nitrogens with one attached hydrogen (secondary N) is 2. The van der Waals surface area contributed by atoms with E-state index in [1.54, 1.807) is 31.6 Å². The molecular formula is C33H42ClN11O3S. The summed E-state index contributed by atoms with van der Waals surface area (Å²) >= 11 is 6.60. The van der Waals surface area contributed by atoms with Crippen LogP contribution in [0.5, 0.6) is 5.88 Å². The molecule has 5 heterocycles. The molecule has 3 aromatic heterocycles. The smallest absolute Gasteiger partial charge is 0.239 e. The fourth-order valence-corrected chi connectivity index (χ4v) is 8.23. The van der Waals surface area contributed by atoms with E-state index >= 15 is 0 Å². The number of halogens is 1. The van der Waals surface area contributed by atoms with Crippen molar-refractivity contribution in [3.63, 3.8) is 0 Å². The molecule has 7 rings (SSSR count). The Bertz CT molecular complexity index is 1950. The minimum atomic E-state index is -3.63. The molecule has 2 saturated heterocycles. The lowest BCUT2D eigenvalue weighted by Gasteiger charge is -2.42. The number of anilines is 6. The summed E-state index contributed by atoms with van der Waals surface area (Å²) in [5.74, 6) is 1.89. The molecule has 260 valence electrons. The van der Waals surface area contributed by atoms with Crippen molar-refractivity contribution in [3.8, 4) is 5.88 Å². The van der Waals surface area contributed by atoms with Crippen LogP contribution in [0.2, 0.25) is 5.02 Å². The Balaban J connectivity index is 1.12. The molecule has 14 nitrogen and oxygen atoms in total. The molecule has 49 heavy (non-hydrogen) atoms. The normalized spacial score (nSPS) is 18.1. The van der Waals surface area contributed by atoms with Crippen LogP contribution in [0.1, 0.15) is 31.2 Å². The van der Waals surface area contributed by atoms with Crippen LogP contribution in [0.15, 0.2) is 36.8 Å². The highest BCUT2D eigenvalue weighted by Gasteiger charge is 2.38. The van der Waals surface area contributed by atoms with E-state index in [4.69, 9.17) is 21.3 Å². The molecule has 16 heteroatoms. The Hall–Kier alpha value is -4.05. The number of hydrogen-bond donors (Lipinski definition) is 2. The Morgan fingerprint density at radius 2 is 1.67 bits per heavy atom. The minimum Gasteiger partial charge on any atom is -0.479 e. The predicted octanol–water partition coefficient (Wildman–Crippen LogP) is 4.42. The molecule has 1 aromatic carbocycles. The van der Waals surface area contributed by atoms with Crippen LogP contribution in [0.3, 0.4) is 0 Å². The quantitative estimate of drug-likeness (QED) is 0.240. The summed E-state index contributed by atoms with van der Waals surface area (Å²) in [6.07, 6.45) is 9.55. The SMILES string of the molecule is COc1nc(N2CCC(N3CCN(C)CC3)CC2)c(C)cc1Nc1ncc(Cl)c(Nc2ccc3nccnc3c2N(C2CC2)S(C)(=O)=O)n1. The second-order valence-corrected chi connectivity index (χ2v) is 15.3. The van der Waals surface area contributed by atoms with Crippen LogP contribution >= 0.6 is 11.6 Å². The number of pyridine rings is 1. The first-order chi connectivity index (χ1) is 23.6. The van der Waals surface area contributed by atoms with E-state index in [9.17, 15) is 8.42 Å². The molecule has 0 unspecified atom stereocenters. The number of piperazine rings is 1. The van der Waals surface area contributed by atoms with Gasteiger partial charge in [0.05, 0.1) is 30.8 Å². The molecule has 0 amide bonds. The van der Waals surface area contributed by atoms with E-state index in [1.807, 2.05) is 13.0 Å². The number of rotatable bonds is 10. The van der Waals surface area contributed by atoms with Gasteiger partial charge in [0.15, 0.2) is 5.82 Å². The first kappa shape index (κ1) is 33.4. The third kappa shape index (κ3) is 7.16. The van der Waals surface area contributed by atoms with Crippen molar-refractivity contribution in [3.05, 3.63) is 47.4 Å². The summed E-state index contributed by atoms with van der Waals surface area (Å²) in [6, 6.07) is 6.00. The number of benzene rings is 1. The summed E-state index contributed by atoms with van der Waals surface area (Å²) in [6.45, 7) is 8.45. The van der Waals surface area contributed by atoms with E-state index < -0.39 is 10.0 Å². The molecule has 3 fully saturated rings. The van der Waals surface area contributed by atoms with E-state index in [-0.39, 0.29) is 22.8 Å². The lowest BCUT2D eigenvalue weighted by atomic mass is 10.0. The number of piperidine rings is 1. The largest absolute Gasteiger partial charge is 0.479 e. The fraction of sp³-hybridized carbons (Fsp3) is 0.485. The second kappa shape index (κ2) is 13.7. The number of aryl methyl sites for hydroxylation is 1. The topological polar surface area (TPSA) is 145 Å². The van der Waals surface area contributed by atoms with Crippen molar-refractivity contribution in [2.24, 2.45) is 0 Å². The van der Waals surface area contributed by atoms with Crippen LogP contribution < -0.4 is 24.6 Å². The van der Waals surface area contributed by atoms with Gasteiger partial charge in [-0.15, -0.1) is 0 Å². The van der Waals surface area contributed by atoms with E-state index in [0.29, 0.717) is 40.0 Å². The second-order valence-electron chi connectivity index (χ2n) is 13.1. The number of likely N-dealkylation sites (N-methyl/N-ethyl adjacent to an activating group) is 1. The summed E-state index contributed by atoms with van der Waals surface area (Å²) in [4.78, 5) is 30.3. The zero-order valence-corrected chi connectivity index (χ0v) is 29.8. The molecular weight excluding hydrogens is 666 g/mol. The molecule has 2 N–H and O–H groups in total. The van der Waals surface area contributed by atoms with Gasteiger partial charge >= 0.3 is 0 Å². The van der Waals surface area contributed by atoms with Crippen LogP contribution in [0.25, 0.3) is 11.0 Å². The van der Waals surface area contributed by atoms with E-state index in [1.165, 1.54) is 16.8 Å². The highest BCUT2D eigenvalue weighted by molar-refractivity contribution is 7.92. The lowest BCUT2D eigenvalue weighted by molar-refractivity contribution is 0.0981. The molecule has 2 aliphatic heterocycles. The number of ether oxygens (including phenoxy) is 1. The molecule has 0 spiro atoms. The van der Waals surface area contributed by atoms with Gasteiger partial charge in [-0.3, -0.25) is 19.2 Å². The van der Waals surface area contributed by atoms with Gasteiger partial charge in [0.2, 0.25) is 21.9 Å². The first-order valence-electron chi connectivity index (χ1n) is 16.6. The average Bonchev–Trinajstić information content (AvgIpc) is 3.92. The monoisotopic (exact) mass is 707 g/mol. The number of methoxy groups -OCH3 is 1. The summed E-state index contributed by atoms with van der Waals surface area (Å²) in [5.41, 5.74) is 3.55. The Labute approximate surface area is 291 Å². The maximum Gasteiger partial charge on any atom is 0.239 e. The third-order valence-electron chi connectivity index (χ3n) is 9.48. The van der Waals surface area contributed by atoms with Crippen LogP contribution in [-0.2, 0) is 10.0 Å². The van der Waals surface area contributed by atoms with Crippen molar-refractivity contribution >= 4 is 67.3 Å². The molecule has 1 saturated carbocycles. The summed E-state index contributed by atoms with van der Waals surface area (Å²) in [5, 5.41) is 6.77. The maximum absolute atomic E-state index is 13.1. The number of fused-ring (bicyclic) bond motifs is 1. The van der Waals surface area contributed by atoms with Crippen molar-refractivity contribution in [1.82, 2.24) is 34.7 Å². The van der Waals surface area contributed by atoms with Gasteiger partial charge in [-0.2, -0.15) is 9.97 Å². The highest BCUT2D eigenvalue weighted by atomic mass is 35.5. The van der Waals surface area contributed by atoms with Gasteiger partial charge < -0.3 is 25.2 Å². The standard InChI is InChI=1S/C33H42ClN11O3S/c1-21-19-27(32(48-3)41-31(21)44-13-9-22(10-14-44)43-17-15-42(2)16-18-43)39-33-37-20-24(34)30(40-33)38-26-8-7-25-28(36-12-11-35-25)29(26)45(23-5-6-23)49(4,46)47/h7-8,11-12,19-20,22-23H,5-6,9-10,13-18H2,1-4H3,(H2,37,38,39,40). The lowest BCUT2D eigenvalue weighted by Crippen LogP contribution is -2.52. The summed E-state index contributed by atoms with van der Waals surface area (Å²) < 4.78 is 33.3. The van der Waals surface area contributed by atoms with Crippen LogP contribution in [0, 0.1) is 6.92 Å². The van der Waals surface area contributed by atoms with Gasteiger partial charge in [0.1, 0.15) is 27.7 Å². The third-order valence-corrected chi connectivity index (χ3v) is 10.9. The van der Waals surface area contributed by atoms with Crippen molar-refractivity contribution in [1.29, 1.82) is 0 Å². The predicted molar refractivity (Wildman–Crippen MR) is 193 cm³/mol. The molecule has 0 atom stereocenters. The number of hydrogen-bond acceptors (Lipinski definition) is 13. The van der Waals surface area contributed by atoms with Crippen LogP contribution in [0.4, 0.5) is 34.6 Å². The minimum absolute atomic E-state index is 0.157. The maximum atomic E-state index is 13.1. The average molecular weight is 708 g/mol.